The topological polar surface area (TPSA) is 107 Å². The van der Waals surface area contributed by atoms with Gasteiger partial charge in [0.2, 0.25) is 23.6 Å². The zero-order valence-electron chi connectivity index (χ0n) is 28.1. The number of piperidine rings is 1. The number of methoxy groups -OCH3 is 1. The standard InChI is InChI=1S/C40H40IN3O6/c1-40-30(37(47)44(39(40)49)25-11-7-4-8-12-25)21-29-27(34(40)24-19-31(41)35(45)32(20-24)50-2)13-14-28-33(29)38(48)43(36(28)46)26-15-17-42(18-16-26)22-23-9-5-3-6-10-23/h3-13,19-20,26,28-30,33-34,45H,14-18,21-22H2,1-2H3. The normalized spacial score (nSPS) is 29.9. The van der Waals surface area contributed by atoms with E-state index in [2.05, 4.69) is 45.7 Å². The predicted molar refractivity (Wildman–Crippen MR) is 195 cm³/mol. The lowest BCUT2D eigenvalue weighted by atomic mass is 9.51. The van der Waals surface area contributed by atoms with Crippen LogP contribution in [0.3, 0.4) is 0 Å². The monoisotopic (exact) mass is 785 g/mol. The number of anilines is 1. The molecule has 1 saturated carbocycles. The molecular formula is C40H40IN3O6. The molecule has 1 N–H and O–H groups in total. The molecule has 3 saturated heterocycles. The molecule has 50 heavy (non-hydrogen) atoms. The van der Waals surface area contributed by atoms with Crippen molar-refractivity contribution in [3.8, 4) is 11.5 Å². The highest BCUT2D eigenvalue weighted by Gasteiger charge is 2.68. The fourth-order valence-corrected chi connectivity index (χ4v) is 10.3. The first-order valence-electron chi connectivity index (χ1n) is 17.5. The van der Waals surface area contributed by atoms with E-state index in [0.29, 0.717) is 22.1 Å². The van der Waals surface area contributed by atoms with E-state index >= 15 is 0 Å². The molecule has 0 bridgehead atoms. The third-order valence-corrected chi connectivity index (χ3v) is 12.9. The number of carbonyl (C=O) groups excluding carboxylic acids is 4. The second kappa shape index (κ2) is 12.6. The Balaban J connectivity index is 1.14. The van der Waals surface area contributed by atoms with Crippen LogP contribution in [0.25, 0.3) is 0 Å². The number of carbonyl (C=O) groups is 4. The van der Waals surface area contributed by atoms with Crippen LogP contribution in [0.5, 0.6) is 11.5 Å². The first kappa shape index (κ1) is 33.1. The Morgan fingerprint density at radius 1 is 0.900 bits per heavy atom. The number of imide groups is 2. The number of halogens is 1. The molecule has 8 rings (SSSR count). The number of allylic oxidation sites excluding steroid dienone is 2. The van der Waals surface area contributed by atoms with Gasteiger partial charge in [0.25, 0.3) is 0 Å². The molecule has 6 unspecified atom stereocenters. The minimum absolute atomic E-state index is 0.00497. The van der Waals surface area contributed by atoms with Gasteiger partial charge in [-0.2, -0.15) is 0 Å². The Bertz CT molecular complexity index is 1910. The SMILES string of the molecule is COc1cc(C2C3=CCC4C(=O)N(C5CCN(Cc6ccccc6)CC5)C(=O)C4C3CC3C(=O)N(c4ccccc4)C(=O)C32C)cc(I)c1O. The molecule has 3 aromatic carbocycles. The number of phenols is 1. The lowest BCUT2D eigenvalue weighted by Gasteiger charge is -2.49. The van der Waals surface area contributed by atoms with Gasteiger partial charge in [0.05, 0.1) is 39.5 Å². The first-order chi connectivity index (χ1) is 24.1. The maximum atomic E-state index is 14.6. The number of ether oxygens (including phenoxy) is 1. The van der Waals surface area contributed by atoms with Crippen LogP contribution in [0.2, 0.25) is 0 Å². The molecule has 3 aliphatic heterocycles. The molecule has 2 aliphatic carbocycles. The zero-order chi connectivity index (χ0) is 34.9. The smallest absolute Gasteiger partial charge is 0.241 e. The van der Waals surface area contributed by atoms with Crippen molar-refractivity contribution in [1.29, 1.82) is 0 Å². The van der Waals surface area contributed by atoms with E-state index in [1.54, 1.807) is 35.2 Å². The maximum absolute atomic E-state index is 14.6. The van der Waals surface area contributed by atoms with Crippen LogP contribution in [0.1, 0.15) is 49.7 Å². The largest absolute Gasteiger partial charge is 0.504 e. The summed E-state index contributed by atoms with van der Waals surface area (Å²) in [7, 11) is 1.48. The quantitative estimate of drug-likeness (QED) is 0.189. The number of hydrogen-bond donors (Lipinski definition) is 1. The summed E-state index contributed by atoms with van der Waals surface area (Å²) < 4.78 is 6.11. The summed E-state index contributed by atoms with van der Waals surface area (Å²) in [5, 5.41) is 10.8. The highest BCUT2D eigenvalue weighted by atomic mass is 127. The Morgan fingerprint density at radius 3 is 2.26 bits per heavy atom. The minimum atomic E-state index is -1.16. The highest BCUT2D eigenvalue weighted by Crippen LogP contribution is 2.64. The van der Waals surface area contributed by atoms with Gasteiger partial charge in [-0.3, -0.25) is 29.0 Å². The summed E-state index contributed by atoms with van der Waals surface area (Å²) >= 11 is 2.05. The van der Waals surface area contributed by atoms with E-state index in [9.17, 15) is 24.3 Å². The van der Waals surface area contributed by atoms with E-state index in [1.807, 2.05) is 37.3 Å². The number of fused-ring (bicyclic) bond motifs is 4. The summed E-state index contributed by atoms with van der Waals surface area (Å²) in [6.07, 6.45) is 4.23. The third-order valence-electron chi connectivity index (χ3n) is 12.1. The van der Waals surface area contributed by atoms with E-state index in [4.69, 9.17) is 4.74 Å². The van der Waals surface area contributed by atoms with Crippen LogP contribution in [-0.2, 0) is 25.7 Å². The lowest BCUT2D eigenvalue weighted by molar-refractivity contribution is -0.144. The van der Waals surface area contributed by atoms with Crippen LogP contribution in [-0.4, -0.2) is 64.8 Å². The van der Waals surface area contributed by atoms with Gasteiger partial charge in [-0.1, -0.05) is 60.2 Å². The molecule has 0 aromatic heterocycles. The van der Waals surface area contributed by atoms with Gasteiger partial charge >= 0.3 is 0 Å². The number of aromatic hydroxyl groups is 1. The molecule has 0 radical (unpaired) electrons. The molecule has 258 valence electrons. The average molecular weight is 786 g/mol. The summed E-state index contributed by atoms with van der Waals surface area (Å²) in [5.41, 5.74) is 2.26. The second-order valence-corrected chi connectivity index (χ2v) is 15.8. The van der Waals surface area contributed by atoms with E-state index < -0.39 is 29.1 Å². The fourth-order valence-electron chi connectivity index (χ4n) is 9.70. The van der Waals surface area contributed by atoms with E-state index in [1.165, 1.54) is 17.6 Å². The Hall–Kier alpha value is -4.03. The van der Waals surface area contributed by atoms with Crippen molar-refractivity contribution in [2.75, 3.05) is 25.1 Å². The van der Waals surface area contributed by atoms with Gasteiger partial charge in [-0.25, -0.2) is 4.90 Å². The number of benzene rings is 3. The Kier molecular flexibility index (Phi) is 8.37. The average Bonchev–Trinajstić information content (AvgIpc) is 3.50. The van der Waals surface area contributed by atoms with Crippen LogP contribution < -0.4 is 9.64 Å². The highest BCUT2D eigenvalue weighted by molar-refractivity contribution is 14.1. The Morgan fingerprint density at radius 2 is 1.58 bits per heavy atom. The number of para-hydroxylation sites is 1. The second-order valence-electron chi connectivity index (χ2n) is 14.6. The summed E-state index contributed by atoms with van der Waals surface area (Å²) in [6, 6.07) is 22.8. The van der Waals surface area contributed by atoms with Gasteiger partial charge in [0.1, 0.15) is 0 Å². The van der Waals surface area contributed by atoms with Crippen molar-refractivity contribution in [2.45, 2.75) is 51.1 Å². The summed E-state index contributed by atoms with van der Waals surface area (Å²) in [5.74, 6) is -3.30. The fraction of sp³-hybridized carbons (Fsp3) is 0.400. The molecule has 3 heterocycles. The van der Waals surface area contributed by atoms with Crippen LogP contribution in [0.15, 0.2) is 84.4 Å². The molecule has 5 aliphatic rings. The van der Waals surface area contributed by atoms with Gasteiger partial charge in [-0.05, 0) is 96.5 Å². The number of nitrogens with zero attached hydrogens (tertiary/aromatic N) is 3. The number of likely N-dealkylation sites (tertiary alicyclic amines) is 2. The van der Waals surface area contributed by atoms with Crippen molar-refractivity contribution in [3.05, 3.63) is 99.1 Å². The maximum Gasteiger partial charge on any atom is 0.241 e. The number of hydrogen-bond acceptors (Lipinski definition) is 7. The minimum Gasteiger partial charge on any atom is -0.504 e. The number of phenolic OH excluding ortho intramolecular Hbond substituents is 1. The first-order valence-corrected chi connectivity index (χ1v) is 18.5. The zero-order valence-corrected chi connectivity index (χ0v) is 30.3. The van der Waals surface area contributed by atoms with Gasteiger partial charge in [-0.15, -0.1) is 0 Å². The van der Waals surface area contributed by atoms with Crippen LogP contribution >= 0.6 is 22.6 Å². The van der Waals surface area contributed by atoms with Crippen molar-refractivity contribution >= 4 is 51.9 Å². The molecule has 4 fully saturated rings. The summed E-state index contributed by atoms with van der Waals surface area (Å²) in [4.78, 5) is 63.0. The molecule has 6 atom stereocenters. The molecule has 4 amide bonds. The summed E-state index contributed by atoms with van der Waals surface area (Å²) in [6.45, 7) is 4.31. The van der Waals surface area contributed by atoms with E-state index in [-0.39, 0.29) is 47.1 Å². The molecule has 10 heteroatoms. The van der Waals surface area contributed by atoms with Crippen molar-refractivity contribution < 1.29 is 29.0 Å². The van der Waals surface area contributed by atoms with Gasteiger partial charge < -0.3 is 9.84 Å². The van der Waals surface area contributed by atoms with Crippen molar-refractivity contribution in [3.63, 3.8) is 0 Å². The lowest BCUT2D eigenvalue weighted by Crippen LogP contribution is -2.49. The predicted octanol–water partition coefficient (Wildman–Crippen LogP) is 5.90. The van der Waals surface area contributed by atoms with Crippen LogP contribution in [0.4, 0.5) is 5.69 Å². The van der Waals surface area contributed by atoms with Gasteiger partial charge in [0.15, 0.2) is 11.5 Å². The van der Waals surface area contributed by atoms with Crippen molar-refractivity contribution in [2.24, 2.45) is 29.1 Å². The molecule has 3 aromatic rings. The van der Waals surface area contributed by atoms with Crippen molar-refractivity contribution in [1.82, 2.24) is 9.80 Å². The Labute approximate surface area is 305 Å². The third kappa shape index (κ3) is 5.04. The van der Waals surface area contributed by atoms with Crippen LogP contribution in [0, 0.1) is 32.7 Å². The molecular weight excluding hydrogens is 745 g/mol. The molecule has 0 spiro atoms. The number of amides is 4. The van der Waals surface area contributed by atoms with Gasteiger partial charge in [0, 0.05) is 31.6 Å². The number of rotatable bonds is 6. The molecule has 9 nitrogen and oxygen atoms in total. The van der Waals surface area contributed by atoms with E-state index in [0.717, 1.165) is 43.6 Å².